The summed E-state index contributed by atoms with van der Waals surface area (Å²) in [7, 11) is 2.31. The highest BCUT2D eigenvalue weighted by molar-refractivity contribution is 7.92. The lowest BCUT2D eigenvalue weighted by molar-refractivity contribution is 0.148. The van der Waals surface area contributed by atoms with E-state index in [1.807, 2.05) is 37.6 Å². The van der Waals surface area contributed by atoms with Crippen molar-refractivity contribution in [2.45, 2.75) is 24.7 Å². The standard InChI is InChI=1S/C28H33N7O4S/c1-21-14-16-24(17-15-21)40(37,38)34(3)26-30-25(33(2)20-18-22-11-9-10-19-29-22)31-27(32-26)35(4,5)28(36)39-23-12-7-6-8-13-23/h6-7,9-17,19H,8,18,20H2,1-5H3/q+1. The zero-order chi connectivity index (χ0) is 28.9. The molecule has 1 amide bonds. The van der Waals surface area contributed by atoms with Gasteiger partial charge < -0.3 is 9.64 Å². The summed E-state index contributed by atoms with van der Waals surface area (Å²) in [6, 6.07) is 12.2. The van der Waals surface area contributed by atoms with Gasteiger partial charge in [-0.05, 0) is 56.2 Å². The van der Waals surface area contributed by atoms with Gasteiger partial charge in [0.1, 0.15) is 5.76 Å². The fourth-order valence-electron chi connectivity index (χ4n) is 3.67. The second-order valence-corrected chi connectivity index (χ2v) is 11.7. The van der Waals surface area contributed by atoms with Gasteiger partial charge in [0.2, 0.25) is 11.9 Å². The van der Waals surface area contributed by atoms with Crippen LogP contribution < -0.4 is 13.7 Å². The molecule has 3 aromatic rings. The van der Waals surface area contributed by atoms with Gasteiger partial charge in [0.15, 0.2) is 0 Å². The van der Waals surface area contributed by atoms with Gasteiger partial charge >= 0.3 is 12.0 Å². The summed E-state index contributed by atoms with van der Waals surface area (Å²) < 4.78 is 33.0. The SMILES string of the molecule is Cc1ccc(S(=O)(=O)N(C)c2nc(N(C)CCc3ccccn3)nc([N+](C)(C)C(=O)OC3=CC[CH]C=C3)n2)cc1. The molecule has 0 atom stereocenters. The molecule has 0 bridgehead atoms. The van der Waals surface area contributed by atoms with Crippen molar-refractivity contribution in [3.63, 3.8) is 0 Å². The van der Waals surface area contributed by atoms with Crippen LogP contribution in [0.3, 0.4) is 0 Å². The maximum Gasteiger partial charge on any atom is 0.528 e. The molecule has 0 unspecified atom stereocenters. The predicted molar refractivity (Wildman–Crippen MR) is 154 cm³/mol. The lowest BCUT2D eigenvalue weighted by Gasteiger charge is -2.26. The molecule has 1 aliphatic carbocycles. The van der Waals surface area contributed by atoms with Crippen molar-refractivity contribution in [1.82, 2.24) is 24.4 Å². The van der Waals surface area contributed by atoms with Crippen molar-refractivity contribution in [3.8, 4) is 0 Å². The first kappa shape index (κ1) is 28.8. The molecule has 0 N–H and O–H groups in total. The van der Waals surface area contributed by atoms with E-state index in [0.717, 1.165) is 15.6 Å². The van der Waals surface area contributed by atoms with Crippen LogP contribution in [-0.2, 0) is 21.2 Å². The summed E-state index contributed by atoms with van der Waals surface area (Å²) >= 11 is 0. The van der Waals surface area contributed by atoms with E-state index in [2.05, 4.69) is 19.9 Å². The summed E-state index contributed by atoms with van der Waals surface area (Å²) in [6.07, 6.45) is 9.56. The van der Waals surface area contributed by atoms with Crippen molar-refractivity contribution in [1.29, 1.82) is 0 Å². The Balaban J connectivity index is 1.71. The number of amides is 1. The van der Waals surface area contributed by atoms with Gasteiger partial charge in [-0.2, -0.15) is 14.3 Å². The Morgan fingerprint density at radius 1 is 1.02 bits per heavy atom. The molecule has 0 aliphatic heterocycles. The molecule has 2 aromatic heterocycles. The quantitative estimate of drug-likeness (QED) is 0.358. The Hall–Kier alpha value is -4.16. The van der Waals surface area contributed by atoms with Crippen LogP contribution in [0.5, 0.6) is 0 Å². The molecule has 40 heavy (non-hydrogen) atoms. The smallest absolute Gasteiger partial charge is 0.381 e. The van der Waals surface area contributed by atoms with Crippen molar-refractivity contribution >= 4 is 34.0 Å². The first-order valence-electron chi connectivity index (χ1n) is 12.7. The number of likely N-dealkylation sites (N-methyl/N-ethyl adjacent to an activating group) is 1. The number of rotatable bonds is 9. The van der Waals surface area contributed by atoms with E-state index in [1.165, 1.54) is 19.2 Å². The third kappa shape index (κ3) is 6.52. The summed E-state index contributed by atoms with van der Waals surface area (Å²) in [5.74, 6) is 0.509. The largest absolute Gasteiger partial charge is 0.528 e. The van der Waals surface area contributed by atoms with Gasteiger partial charge in [0.25, 0.3) is 10.0 Å². The average Bonchev–Trinajstić information content (AvgIpc) is 2.96. The zero-order valence-corrected chi connectivity index (χ0v) is 24.0. The fraction of sp³-hybridized carbons (Fsp3) is 0.286. The number of anilines is 2. The van der Waals surface area contributed by atoms with Crippen LogP contribution in [0.25, 0.3) is 0 Å². The Bertz CT molecular complexity index is 1520. The van der Waals surface area contributed by atoms with E-state index in [4.69, 9.17) is 4.74 Å². The monoisotopic (exact) mass is 563 g/mol. The Morgan fingerprint density at radius 3 is 2.40 bits per heavy atom. The molecule has 4 rings (SSSR count). The van der Waals surface area contributed by atoms with E-state index in [0.29, 0.717) is 25.1 Å². The Morgan fingerprint density at radius 2 is 1.75 bits per heavy atom. The van der Waals surface area contributed by atoms with Crippen LogP contribution >= 0.6 is 0 Å². The zero-order valence-electron chi connectivity index (χ0n) is 23.2. The molecule has 1 aliphatic rings. The van der Waals surface area contributed by atoms with Crippen molar-refractivity contribution in [2.75, 3.05) is 43.9 Å². The molecule has 0 saturated heterocycles. The Labute approximate surface area is 235 Å². The molecule has 1 radical (unpaired) electrons. The first-order chi connectivity index (χ1) is 19.0. The molecule has 0 spiro atoms. The first-order valence-corrected chi connectivity index (χ1v) is 14.1. The normalized spacial score (nSPS) is 13.5. The number of nitrogens with zero attached hydrogens (tertiary/aromatic N) is 7. The third-order valence-electron chi connectivity index (χ3n) is 6.35. The van der Waals surface area contributed by atoms with E-state index < -0.39 is 20.6 Å². The highest BCUT2D eigenvalue weighted by atomic mass is 32.2. The number of carbonyl (C=O) groups is 1. The summed E-state index contributed by atoms with van der Waals surface area (Å²) in [5, 5.41) is 0. The number of carbonyl (C=O) groups excluding carboxylic acids is 1. The number of aryl methyl sites for hydroxylation is 1. The minimum atomic E-state index is -4.00. The average molecular weight is 564 g/mol. The third-order valence-corrected chi connectivity index (χ3v) is 8.10. The minimum absolute atomic E-state index is 0.0209. The minimum Gasteiger partial charge on any atom is -0.381 e. The molecule has 2 heterocycles. The maximum atomic E-state index is 13.5. The van der Waals surface area contributed by atoms with Crippen LogP contribution in [0, 0.1) is 13.3 Å². The summed E-state index contributed by atoms with van der Waals surface area (Å²) in [5.41, 5.74) is 1.81. The van der Waals surface area contributed by atoms with Crippen molar-refractivity contribution in [2.24, 2.45) is 0 Å². The van der Waals surface area contributed by atoms with Gasteiger partial charge in [-0.25, -0.2) is 12.7 Å². The van der Waals surface area contributed by atoms with E-state index in [9.17, 15) is 13.2 Å². The molecule has 1 aromatic carbocycles. The van der Waals surface area contributed by atoms with Crippen LogP contribution in [-0.4, -0.2) is 69.2 Å². The van der Waals surface area contributed by atoms with Crippen molar-refractivity contribution < 1.29 is 17.9 Å². The molecular formula is C28H33N7O4S+. The maximum absolute atomic E-state index is 13.5. The van der Waals surface area contributed by atoms with Crippen molar-refractivity contribution in [3.05, 3.63) is 90.3 Å². The number of hydrogen-bond acceptors (Lipinski definition) is 9. The summed E-state index contributed by atoms with van der Waals surface area (Å²) in [6.45, 7) is 2.36. The van der Waals surface area contributed by atoms with E-state index in [-0.39, 0.29) is 22.7 Å². The second kappa shape index (κ2) is 11.9. The van der Waals surface area contributed by atoms with Crippen LogP contribution in [0.4, 0.5) is 22.6 Å². The number of benzene rings is 1. The molecule has 12 heteroatoms. The predicted octanol–water partition coefficient (Wildman–Crippen LogP) is 3.83. The van der Waals surface area contributed by atoms with Gasteiger partial charge in [0.05, 0.1) is 19.0 Å². The highest BCUT2D eigenvalue weighted by Crippen LogP contribution is 2.26. The van der Waals surface area contributed by atoms with Crippen LogP contribution in [0.1, 0.15) is 17.7 Å². The molecule has 11 nitrogen and oxygen atoms in total. The molecule has 0 saturated carbocycles. The highest BCUT2D eigenvalue weighted by Gasteiger charge is 2.38. The molecule has 209 valence electrons. The number of aromatic nitrogens is 4. The number of sulfonamides is 1. The fourth-order valence-corrected chi connectivity index (χ4v) is 4.77. The topological polar surface area (TPSA) is 118 Å². The van der Waals surface area contributed by atoms with Gasteiger partial charge in [0, 0.05) is 39.0 Å². The van der Waals surface area contributed by atoms with Gasteiger partial charge in [-0.3, -0.25) is 4.98 Å². The van der Waals surface area contributed by atoms with Gasteiger partial charge in [-0.15, -0.1) is 9.97 Å². The Kier molecular flexibility index (Phi) is 8.60. The number of ether oxygens (including phenoxy) is 1. The number of hydrogen-bond donors (Lipinski definition) is 0. The second-order valence-electron chi connectivity index (χ2n) is 9.77. The number of pyridine rings is 1. The lowest BCUT2D eigenvalue weighted by Crippen LogP contribution is -2.48. The lowest BCUT2D eigenvalue weighted by atomic mass is 10.2. The van der Waals surface area contributed by atoms with Crippen LogP contribution in [0.2, 0.25) is 0 Å². The number of allylic oxidation sites excluding steroid dienone is 3. The molecule has 0 fully saturated rings. The van der Waals surface area contributed by atoms with E-state index >= 15 is 0 Å². The summed E-state index contributed by atoms with van der Waals surface area (Å²) in [4.78, 5) is 33.0. The number of quaternary nitrogens is 1. The molecular weight excluding hydrogens is 530 g/mol. The van der Waals surface area contributed by atoms with Gasteiger partial charge in [-0.1, -0.05) is 29.8 Å². The van der Waals surface area contributed by atoms with Crippen LogP contribution in [0.15, 0.2) is 77.5 Å². The van der Waals surface area contributed by atoms with E-state index in [1.54, 1.807) is 56.5 Å².